The van der Waals surface area contributed by atoms with E-state index in [0.717, 1.165) is 38.9 Å². The van der Waals surface area contributed by atoms with Gasteiger partial charge in [-0.2, -0.15) is 0 Å². The first kappa shape index (κ1) is 12.0. The largest absolute Gasteiger partial charge is 0.393 e. The average molecular weight is 201 g/mol. The minimum Gasteiger partial charge on any atom is -0.393 e. The third-order valence-electron chi connectivity index (χ3n) is 3.18. The van der Waals surface area contributed by atoms with Gasteiger partial charge in [0.2, 0.25) is 0 Å². The maximum atomic E-state index is 9.42. The quantitative estimate of drug-likeness (QED) is 0.708. The van der Waals surface area contributed by atoms with E-state index >= 15 is 0 Å². The van der Waals surface area contributed by atoms with Crippen LogP contribution in [0.2, 0.25) is 0 Å². The van der Waals surface area contributed by atoms with Crippen molar-refractivity contribution < 1.29 is 10.2 Å². The first-order valence-corrected chi connectivity index (χ1v) is 5.68. The Morgan fingerprint density at radius 1 is 1.21 bits per heavy atom. The van der Waals surface area contributed by atoms with E-state index in [1.807, 2.05) is 13.8 Å². The van der Waals surface area contributed by atoms with E-state index in [4.69, 9.17) is 5.11 Å². The fourth-order valence-electron chi connectivity index (χ4n) is 2.03. The Morgan fingerprint density at radius 3 is 2.21 bits per heavy atom. The van der Waals surface area contributed by atoms with Crippen LogP contribution in [0.5, 0.6) is 0 Å². The number of nitrogens with zero attached hydrogens (tertiary/aromatic N) is 1. The van der Waals surface area contributed by atoms with Crippen LogP contribution < -0.4 is 0 Å². The van der Waals surface area contributed by atoms with Crippen molar-refractivity contribution in [2.45, 2.75) is 45.3 Å². The Bertz CT molecular complexity index is 151. The highest BCUT2D eigenvalue weighted by Crippen LogP contribution is 2.20. The van der Waals surface area contributed by atoms with Crippen LogP contribution in [0.15, 0.2) is 0 Å². The van der Waals surface area contributed by atoms with Crippen LogP contribution in [0.3, 0.4) is 0 Å². The molecule has 0 amide bonds. The maximum absolute atomic E-state index is 9.42. The standard InChI is InChI=1S/C11H23NO2/c1-9(13)3-6-12-7-4-11(5-8-12)10(2)14/h9-11,13-14H,3-8H2,1-2H3. The second kappa shape index (κ2) is 5.69. The summed E-state index contributed by atoms with van der Waals surface area (Å²) < 4.78 is 0. The molecule has 0 aromatic heterocycles. The lowest BCUT2D eigenvalue weighted by Gasteiger charge is -2.33. The number of hydrogen-bond acceptors (Lipinski definition) is 3. The molecule has 14 heavy (non-hydrogen) atoms. The maximum Gasteiger partial charge on any atom is 0.0541 e. The SMILES string of the molecule is CC(O)CCN1CCC(C(C)O)CC1. The molecule has 1 rings (SSSR count). The summed E-state index contributed by atoms with van der Waals surface area (Å²) in [5.74, 6) is 0.484. The fraction of sp³-hybridized carbons (Fsp3) is 1.00. The Kier molecular flexibility index (Phi) is 4.85. The van der Waals surface area contributed by atoms with Crippen LogP contribution in [0.25, 0.3) is 0 Å². The van der Waals surface area contributed by atoms with Crippen molar-refractivity contribution in [3.63, 3.8) is 0 Å². The smallest absolute Gasteiger partial charge is 0.0541 e. The predicted octanol–water partition coefficient (Wildman–Crippen LogP) is 0.850. The molecule has 2 N–H and O–H groups in total. The normalized spacial score (nSPS) is 24.9. The van der Waals surface area contributed by atoms with Crippen LogP contribution in [0, 0.1) is 5.92 Å². The van der Waals surface area contributed by atoms with E-state index in [-0.39, 0.29) is 12.2 Å². The highest BCUT2D eigenvalue weighted by molar-refractivity contribution is 4.75. The molecule has 1 saturated heterocycles. The Hall–Kier alpha value is -0.120. The van der Waals surface area contributed by atoms with Gasteiger partial charge in [0.1, 0.15) is 0 Å². The molecule has 0 saturated carbocycles. The van der Waals surface area contributed by atoms with Crippen molar-refractivity contribution in [1.82, 2.24) is 4.90 Å². The van der Waals surface area contributed by atoms with Crippen molar-refractivity contribution in [3.05, 3.63) is 0 Å². The van der Waals surface area contributed by atoms with Crippen LogP contribution in [-0.4, -0.2) is 47.0 Å². The van der Waals surface area contributed by atoms with Gasteiger partial charge in [0, 0.05) is 6.54 Å². The molecule has 1 aliphatic heterocycles. The van der Waals surface area contributed by atoms with Gasteiger partial charge < -0.3 is 15.1 Å². The molecular weight excluding hydrogens is 178 g/mol. The molecule has 1 fully saturated rings. The van der Waals surface area contributed by atoms with E-state index < -0.39 is 0 Å². The Balaban J connectivity index is 2.16. The molecule has 0 bridgehead atoms. The van der Waals surface area contributed by atoms with E-state index in [1.165, 1.54) is 0 Å². The van der Waals surface area contributed by atoms with Crippen LogP contribution >= 0.6 is 0 Å². The van der Waals surface area contributed by atoms with Crippen molar-refractivity contribution in [2.75, 3.05) is 19.6 Å². The second-order valence-electron chi connectivity index (χ2n) is 4.56. The van der Waals surface area contributed by atoms with E-state index in [1.54, 1.807) is 0 Å². The Morgan fingerprint density at radius 2 is 1.79 bits per heavy atom. The van der Waals surface area contributed by atoms with Crippen molar-refractivity contribution in [1.29, 1.82) is 0 Å². The summed E-state index contributed by atoms with van der Waals surface area (Å²) in [4.78, 5) is 2.38. The van der Waals surface area contributed by atoms with Crippen LogP contribution in [-0.2, 0) is 0 Å². The number of hydrogen-bond donors (Lipinski definition) is 2. The molecule has 2 atom stereocenters. The molecule has 3 heteroatoms. The molecule has 3 nitrogen and oxygen atoms in total. The fourth-order valence-corrected chi connectivity index (χ4v) is 2.03. The highest BCUT2D eigenvalue weighted by atomic mass is 16.3. The number of aliphatic hydroxyl groups is 2. The average Bonchev–Trinajstić information content (AvgIpc) is 2.15. The third-order valence-corrected chi connectivity index (χ3v) is 3.18. The molecule has 0 aromatic carbocycles. The van der Waals surface area contributed by atoms with Crippen molar-refractivity contribution in [3.8, 4) is 0 Å². The first-order valence-electron chi connectivity index (χ1n) is 5.68. The van der Waals surface area contributed by atoms with Gasteiger partial charge >= 0.3 is 0 Å². The summed E-state index contributed by atoms with van der Waals surface area (Å²) in [6.07, 6.45) is 2.70. The molecule has 2 unspecified atom stereocenters. The molecule has 0 spiro atoms. The van der Waals surface area contributed by atoms with Gasteiger partial charge in [-0.1, -0.05) is 0 Å². The molecule has 84 valence electrons. The topological polar surface area (TPSA) is 43.7 Å². The minimum absolute atomic E-state index is 0.158. The first-order chi connectivity index (χ1) is 6.59. The Labute approximate surface area is 86.7 Å². The summed E-state index contributed by atoms with van der Waals surface area (Å²) in [7, 11) is 0. The van der Waals surface area contributed by atoms with Gasteiger partial charge in [-0.05, 0) is 52.1 Å². The number of rotatable bonds is 4. The molecule has 1 aliphatic rings. The van der Waals surface area contributed by atoms with Gasteiger partial charge in [-0.3, -0.25) is 0 Å². The minimum atomic E-state index is -0.190. The molecule has 0 radical (unpaired) electrons. The number of likely N-dealkylation sites (tertiary alicyclic amines) is 1. The van der Waals surface area contributed by atoms with Gasteiger partial charge in [0.25, 0.3) is 0 Å². The van der Waals surface area contributed by atoms with Crippen LogP contribution in [0.4, 0.5) is 0 Å². The summed E-state index contributed by atoms with van der Waals surface area (Å²) in [5, 5.41) is 18.6. The highest BCUT2D eigenvalue weighted by Gasteiger charge is 2.22. The monoisotopic (exact) mass is 201 g/mol. The van der Waals surface area contributed by atoms with E-state index in [0.29, 0.717) is 5.92 Å². The summed E-state index contributed by atoms with van der Waals surface area (Å²) in [6.45, 7) is 6.85. The molecule has 1 heterocycles. The van der Waals surface area contributed by atoms with E-state index in [9.17, 15) is 5.11 Å². The van der Waals surface area contributed by atoms with Gasteiger partial charge in [-0.15, -0.1) is 0 Å². The van der Waals surface area contributed by atoms with Crippen LogP contribution in [0.1, 0.15) is 33.1 Å². The van der Waals surface area contributed by atoms with E-state index in [2.05, 4.69) is 4.90 Å². The predicted molar refractivity (Wildman–Crippen MR) is 57.1 cm³/mol. The summed E-state index contributed by atoms with van der Waals surface area (Å²) in [6, 6.07) is 0. The molecule has 0 aromatic rings. The molecular formula is C11H23NO2. The summed E-state index contributed by atoms with van der Waals surface area (Å²) in [5.41, 5.74) is 0. The lowest BCUT2D eigenvalue weighted by Crippen LogP contribution is -2.38. The molecule has 0 aliphatic carbocycles. The zero-order valence-electron chi connectivity index (χ0n) is 9.32. The lowest BCUT2D eigenvalue weighted by molar-refractivity contribution is 0.0656. The third kappa shape index (κ3) is 3.95. The number of piperidine rings is 1. The number of aliphatic hydroxyl groups excluding tert-OH is 2. The van der Waals surface area contributed by atoms with Crippen molar-refractivity contribution in [2.24, 2.45) is 5.92 Å². The van der Waals surface area contributed by atoms with Crippen molar-refractivity contribution >= 4 is 0 Å². The van der Waals surface area contributed by atoms with Gasteiger partial charge in [0.05, 0.1) is 12.2 Å². The van der Waals surface area contributed by atoms with Gasteiger partial charge in [-0.25, -0.2) is 0 Å². The van der Waals surface area contributed by atoms with Gasteiger partial charge in [0.15, 0.2) is 0 Å². The zero-order chi connectivity index (χ0) is 10.6. The lowest BCUT2D eigenvalue weighted by atomic mass is 9.92. The zero-order valence-corrected chi connectivity index (χ0v) is 9.32. The second-order valence-corrected chi connectivity index (χ2v) is 4.56. The summed E-state index contributed by atoms with van der Waals surface area (Å²) >= 11 is 0.